The number of nitrogens with zero attached hydrogens (tertiary/aromatic N) is 1. The minimum atomic E-state index is 0.247. The number of likely N-dealkylation sites (N-methyl/N-ethyl adjacent to an activating group) is 1. The molecule has 3 heteroatoms. The maximum Gasteiger partial charge on any atom is 0.0556 e. The first-order chi connectivity index (χ1) is 6.25. The number of nitrogens with one attached hydrogen (secondary N) is 1. The lowest BCUT2D eigenvalue weighted by Gasteiger charge is -2.36. The average molecular weight is 186 g/mol. The van der Waals surface area contributed by atoms with Crippen molar-refractivity contribution < 1.29 is 5.11 Å². The Labute approximate surface area is 81.1 Å². The molecule has 1 saturated carbocycles. The lowest BCUT2D eigenvalue weighted by atomic mass is 9.89. The molecule has 0 bridgehead atoms. The van der Waals surface area contributed by atoms with E-state index >= 15 is 0 Å². The van der Waals surface area contributed by atoms with E-state index in [1.165, 1.54) is 25.7 Å². The zero-order valence-electron chi connectivity index (χ0n) is 8.79. The summed E-state index contributed by atoms with van der Waals surface area (Å²) in [4.78, 5) is 2.30. The SMILES string of the molecule is CN(C)[C@H]1CCCC[C@@H]1NCCO. The van der Waals surface area contributed by atoms with Crippen LogP contribution >= 0.6 is 0 Å². The van der Waals surface area contributed by atoms with E-state index in [0.29, 0.717) is 12.1 Å². The van der Waals surface area contributed by atoms with Crippen molar-refractivity contribution in [3.05, 3.63) is 0 Å². The molecule has 0 amide bonds. The van der Waals surface area contributed by atoms with E-state index in [4.69, 9.17) is 5.11 Å². The fourth-order valence-corrected chi connectivity index (χ4v) is 2.22. The van der Waals surface area contributed by atoms with Crippen LogP contribution in [-0.4, -0.2) is 49.3 Å². The zero-order valence-corrected chi connectivity index (χ0v) is 8.79. The summed E-state index contributed by atoms with van der Waals surface area (Å²) in [5.41, 5.74) is 0. The molecule has 78 valence electrons. The molecule has 1 aliphatic carbocycles. The summed E-state index contributed by atoms with van der Waals surface area (Å²) in [5.74, 6) is 0. The van der Waals surface area contributed by atoms with Crippen LogP contribution in [-0.2, 0) is 0 Å². The van der Waals surface area contributed by atoms with E-state index < -0.39 is 0 Å². The Hall–Kier alpha value is -0.120. The third-order valence-electron chi connectivity index (χ3n) is 2.91. The summed E-state index contributed by atoms with van der Waals surface area (Å²) in [5, 5.41) is 12.2. The molecule has 1 aliphatic rings. The molecule has 0 aromatic heterocycles. The zero-order chi connectivity index (χ0) is 9.68. The van der Waals surface area contributed by atoms with Gasteiger partial charge in [0.2, 0.25) is 0 Å². The number of aliphatic hydroxyl groups excluding tert-OH is 1. The van der Waals surface area contributed by atoms with Crippen molar-refractivity contribution in [1.82, 2.24) is 10.2 Å². The lowest BCUT2D eigenvalue weighted by molar-refractivity contribution is 0.169. The second-order valence-electron chi connectivity index (χ2n) is 4.10. The molecule has 0 heterocycles. The molecule has 1 rings (SSSR count). The average Bonchev–Trinajstić information content (AvgIpc) is 2.15. The second kappa shape index (κ2) is 5.58. The minimum absolute atomic E-state index is 0.247. The molecule has 0 saturated heterocycles. The Bertz CT molecular complexity index is 139. The van der Waals surface area contributed by atoms with Crippen LogP contribution in [0.25, 0.3) is 0 Å². The normalized spacial score (nSPS) is 29.5. The van der Waals surface area contributed by atoms with Crippen LogP contribution in [0.3, 0.4) is 0 Å². The van der Waals surface area contributed by atoms with Crippen molar-refractivity contribution in [2.75, 3.05) is 27.2 Å². The molecular formula is C10H22N2O. The summed E-state index contributed by atoms with van der Waals surface area (Å²) in [6.07, 6.45) is 5.21. The Morgan fingerprint density at radius 1 is 1.31 bits per heavy atom. The summed E-state index contributed by atoms with van der Waals surface area (Å²) in [7, 11) is 4.28. The van der Waals surface area contributed by atoms with Gasteiger partial charge in [-0.15, -0.1) is 0 Å². The van der Waals surface area contributed by atoms with E-state index in [1.807, 2.05) is 0 Å². The van der Waals surface area contributed by atoms with Gasteiger partial charge < -0.3 is 15.3 Å². The maximum absolute atomic E-state index is 8.75. The van der Waals surface area contributed by atoms with Gasteiger partial charge in [-0.25, -0.2) is 0 Å². The summed E-state index contributed by atoms with van der Waals surface area (Å²) in [6.45, 7) is 0.978. The van der Waals surface area contributed by atoms with Gasteiger partial charge in [0.05, 0.1) is 6.61 Å². The monoisotopic (exact) mass is 186 g/mol. The predicted molar refractivity (Wildman–Crippen MR) is 54.8 cm³/mol. The third-order valence-corrected chi connectivity index (χ3v) is 2.91. The fraction of sp³-hybridized carbons (Fsp3) is 1.00. The molecule has 0 aliphatic heterocycles. The largest absolute Gasteiger partial charge is 0.395 e. The number of hydrogen-bond donors (Lipinski definition) is 2. The van der Waals surface area contributed by atoms with Gasteiger partial charge in [0.25, 0.3) is 0 Å². The predicted octanol–water partition coefficient (Wildman–Crippen LogP) is 0.441. The van der Waals surface area contributed by atoms with Gasteiger partial charge in [-0.1, -0.05) is 12.8 Å². The van der Waals surface area contributed by atoms with Crippen LogP contribution in [0.1, 0.15) is 25.7 Å². The van der Waals surface area contributed by atoms with Gasteiger partial charge in [-0.05, 0) is 26.9 Å². The smallest absolute Gasteiger partial charge is 0.0556 e. The van der Waals surface area contributed by atoms with Crippen molar-refractivity contribution in [2.45, 2.75) is 37.8 Å². The molecule has 2 N–H and O–H groups in total. The molecule has 2 atom stereocenters. The van der Waals surface area contributed by atoms with E-state index in [0.717, 1.165) is 6.54 Å². The third kappa shape index (κ3) is 3.25. The lowest BCUT2D eigenvalue weighted by Crippen LogP contribution is -2.49. The highest BCUT2D eigenvalue weighted by atomic mass is 16.3. The second-order valence-corrected chi connectivity index (χ2v) is 4.10. The fourth-order valence-electron chi connectivity index (χ4n) is 2.22. The molecule has 0 spiro atoms. The molecule has 13 heavy (non-hydrogen) atoms. The quantitative estimate of drug-likeness (QED) is 0.669. The molecule has 0 radical (unpaired) electrons. The Kier molecular flexibility index (Phi) is 4.70. The Morgan fingerprint density at radius 3 is 2.62 bits per heavy atom. The molecular weight excluding hydrogens is 164 g/mol. The van der Waals surface area contributed by atoms with Crippen molar-refractivity contribution in [2.24, 2.45) is 0 Å². The van der Waals surface area contributed by atoms with Gasteiger partial charge in [-0.2, -0.15) is 0 Å². The van der Waals surface area contributed by atoms with Crippen LogP contribution < -0.4 is 5.32 Å². The Balaban J connectivity index is 2.37. The van der Waals surface area contributed by atoms with Crippen LogP contribution in [0.15, 0.2) is 0 Å². The van der Waals surface area contributed by atoms with Crippen molar-refractivity contribution in [3.63, 3.8) is 0 Å². The van der Waals surface area contributed by atoms with E-state index in [2.05, 4.69) is 24.3 Å². The standard InChI is InChI=1S/C10H22N2O/c1-12(2)10-6-4-3-5-9(10)11-7-8-13/h9-11,13H,3-8H2,1-2H3/t9-,10-/m0/s1. The first kappa shape index (κ1) is 11.0. The van der Waals surface area contributed by atoms with Crippen LogP contribution in [0, 0.1) is 0 Å². The van der Waals surface area contributed by atoms with Gasteiger partial charge in [-0.3, -0.25) is 0 Å². The summed E-state index contributed by atoms with van der Waals surface area (Å²) < 4.78 is 0. The molecule has 3 nitrogen and oxygen atoms in total. The van der Waals surface area contributed by atoms with Crippen molar-refractivity contribution >= 4 is 0 Å². The van der Waals surface area contributed by atoms with Gasteiger partial charge in [0.15, 0.2) is 0 Å². The topological polar surface area (TPSA) is 35.5 Å². The Morgan fingerprint density at radius 2 is 2.00 bits per heavy atom. The highest BCUT2D eigenvalue weighted by Gasteiger charge is 2.25. The van der Waals surface area contributed by atoms with Gasteiger partial charge in [0.1, 0.15) is 0 Å². The van der Waals surface area contributed by atoms with E-state index in [1.54, 1.807) is 0 Å². The molecule has 0 aromatic rings. The highest BCUT2D eigenvalue weighted by molar-refractivity contribution is 4.85. The first-order valence-electron chi connectivity index (χ1n) is 5.26. The first-order valence-corrected chi connectivity index (χ1v) is 5.26. The summed E-state index contributed by atoms with van der Waals surface area (Å²) in [6, 6.07) is 1.23. The van der Waals surface area contributed by atoms with Crippen LogP contribution in [0.4, 0.5) is 0 Å². The van der Waals surface area contributed by atoms with E-state index in [-0.39, 0.29) is 6.61 Å². The van der Waals surface area contributed by atoms with E-state index in [9.17, 15) is 0 Å². The minimum Gasteiger partial charge on any atom is -0.395 e. The summed E-state index contributed by atoms with van der Waals surface area (Å²) >= 11 is 0. The number of hydrogen-bond acceptors (Lipinski definition) is 3. The van der Waals surface area contributed by atoms with Gasteiger partial charge >= 0.3 is 0 Å². The molecule has 0 unspecified atom stereocenters. The molecule has 1 fully saturated rings. The molecule has 0 aromatic carbocycles. The maximum atomic E-state index is 8.75. The van der Waals surface area contributed by atoms with Crippen LogP contribution in [0.5, 0.6) is 0 Å². The number of aliphatic hydroxyl groups is 1. The van der Waals surface area contributed by atoms with Crippen LogP contribution in [0.2, 0.25) is 0 Å². The number of rotatable bonds is 4. The van der Waals surface area contributed by atoms with Crippen molar-refractivity contribution in [1.29, 1.82) is 0 Å². The van der Waals surface area contributed by atoms with Crippen molar-refractivity contribution in [3.8, 4) is 0 Å². The highest BCUT2D eigenvalue weighted by Crippen LogP contribution is 2.21. The van der Waals surface area contributed by atoms with Gasteiger partial charge in [0, 0.05) is 18.6 Å².